The number of thioether (sulfide) groups is 1. The lowest BCUT2D eigenvalue weighted by molar-refractivity contribution is -0.129. The van der Waals surface area contributed by atoms with Crippen molar-refractivity contribution in [3.63, 3.8) is 0 Å². The molecule has 2 aromatic heterocycles. The van der Waals surface area contributed by atoms with Crippen molar-refractivity contribution in [2.75, 3.05) is 12.3 Å². The van der Waals surface area contributed by atoms with Gasteiger partial charge in [0.15, 0.2) is 5.16 Å². The van der Waals surface area contributed by atoms with E-state index in [1.54, 1.807) is 16.4 Å². The zero-order valence-corrected chi connectivity index (χ0v) is 17.7. The van der Waals surface area contributed by atoms with Gasteiger partial charge in [0.05, 0.1) is 23.4 Å². The van der Waals surface area contributed by atoms with Crippen LogP contribution in [0.4, 0.5) is 0 Å². The topological polar surface area (TPSA) is 98.3 Å². The number of hydrogen-bond donors (Lipinski definition) is 1. The highest BCUT2D eigenvalue weighted by Gasteiger charge is 2.26. The third kappa shape index (κ3) is 3.56. The van der Waals surface area contributed by atoms with Crippen LogP contribution in [-0.4, -0.2) is 38.6 Å². The molecule has 150 valence electrons. The lowest BCUT2D eigenvalue weighted by Crippen LogP contribution is -2.34. The van der Waals surface area contributed by atoms with Gasteiger partial charge in [-0.2, -0.15) is 0 Å². The highest BCUT2D eigenvalue weighted by Crippen LogP contribution is 2.34. The van der Waals surface area contributed by atoms with Crippen LogP contribution in [0.15, 0.2) is 34.2 Å². The number of primary amides is 1. The van der Waals surface area contributed by atoms with E-state index in [2.05, 4.69) is 0 Å². The first kappa shape index (κ1) is 19.7. The molecule has 2 amide bonds. The van der Waals surface area contributed by atoms with E-state index < -0.39 is 5.91 Å². The summed E-state index contributed by atoms with van der Waals surface area (Å²) in [6.07, 6.45) is 0.632. The molecule has 1 aliphatic rings. The average Bonchev–Trinajstić information content (AvgIpc) is 3.05. The molecule has 0 radical (unpaired) electrons. The summed E-state index contributed by atoms with van der Waals surface area (Å²) in [4.78, 5) is 44.9. The minimum atomic E-state index is -0.469. The van der Waals surface area contributed by atoms with Crippen LogP contribution in [0.5, 0.6) is 0 Å². The van der Waals surface area contributed by atoms with Gasteiger partial charge in [0.25, 0.3) is 5.56 Å². The van der Waals surface area contributed by atoms with Crippen LogP contribution < -0.4 is 11.3 Å². The van der Waals surface area contributed by atoms with Gasteiger partial charge in [0.2, 0.25) is 11.8 Å². The summed E-state index contributed by atoms with van der Waals surface area (Å²) in [7, 11) is 0. The SMILES string of the molecule is CC(=O)N1CCc2c(sc3nc(SCC(N)=O)n(-c4ccccc4C)c(=O)c23)C1. The number of benzene rings is 1. The molecule has 3 heterocycles. The number of rotatable bonds is 4. The fourth-order valence-corrected chi connectivity index (χ4v) is 5.57. The van der Waals surface area contributed by atoms with Crippen molar-refractivity contribution in [3.8, 4) is 5.69 Å². The van der Waals surface area contributed by atoms with Crippen LogP contribution in [-0.2, 0) is 22.6 Å². The number of carbonyl (C=O) groups excluding carboxylic acids is 2. The van der Waals surface area contributed by atoms with Gasteiger partial charge in [0, 0.05) is 18.3 Å². The first-order valence-corrected chi connectivity index (χ1v) is 11.0. The highest BCUT2D eigenvalue weighted by molar-refractivity contribution is 7.99. The van der Waals surface area contributed by atoms with Crippen LogP contribution in [0.1, 0.15) is 22.9 Å². The molecule has 4 rings (SSSR count). The maximum absolute atomic E-state index is 13.6. The number of nitrogens with zero attached hydrogens (tertiary/aromatic N) is 3. The summed E-state index contributed by atoms with van der Waals surface area (Å²) in [6, 6.07) is 7.58. The molecule has 0 saturated carbocycles. The molecule has 7 nitrogen and oxygen atoms in total. The lowest BCUT2D eigenvalue weighted by atomic mass is 10.1. The van der Waals surface area contributed by atoms with E-state index in [9.17, 15) is 14.4 Å². The second-order valence-electron chi connectivity index (χ2n) is 6.95. The number of carbonyl (C=O) groups is 2. The van der Waals surface area contributed by atoms with Crippen LogP contribution in [0.3, 0.4) is 0 Å². The predicted molar refractivity (Wildman–Crippen MR) is 115 cm³/mol. The summed E-state index contributed by atoms with van der Waals surface area (Å²) < 4.78 is 1.58. The Kier molecular flexibility index (Phi) is 5.18. The standard InChI is InChI=1S/C20H20N4O3S2/c1-11-5-3-4-6-14(11)24-19(27)17-13-7-8-23(12(2)25)9-15(13)29-18(17)22-20(24)28-10-16(21)26/h3-6H,7-10H2,1-2H3,(H2,21,26). The van der Waals surface area contributed by atoms with Crippen LogP contribution >= 0.6 is 23.1 Å². The van der Waals surface area contributed by atoms with E-state index in [0.29, 0.717) is 34.9 Å². The number of aryl methyl sites for hydroxylation is 1. The second kappa shape index (κ2) is 7.64. The van der Waals surface area contributed by atoms with Crippen molar-refractivity contribution in [1.82, 2.24) is 14.5 Å². The molecular weight excluding hydrogens is 408 g/mol. The quantitative estimate of drug-likeness (QED) is 0.508. The maximum Gasteiger partial charge on any atom is 0.267 e. The van der Waals surface area contributed by atoms with Crippen LogP contribution in [0.25, 0.3) is 15.9 Å². The zero-order valence-electron chi connectivity index (χ0n) is 16.1. The Morgan fingerprint density at radius 2 is 2.07 bits per heavy atom. The summed E-state index contributed by atoms with van der Waals surface area (Å²) in [5.41, 5.74) is 7.83. The van der Waals surface area contributed by atoms with Gasteiger partial charge in [-0.15, -0.1) is 11.3 Å². The summed E-state index contributed by atoms with van der Waals surface area (Å²) >= 11 is 2.60. The molecule has 29 heavy (non-hydrogen) atoms. The number of para-hydroxylation sites is 1. The largest absolute Gasteiger partial charge is 0.369 e. The summed E-state index contributed by atoms with van der Waals surface area (Å²) in [5.74, 6) is -0.410. The number of fused-ring (bicyclic) bond motifs is 3. The molecular formula is C20H20N4O3S2. The summed E-state index contributed by atoms with van der Waals surface area (Å²) in [6.45, 7) is 4.58. The second-order valence-corrected chi connectivity index (χ2v) is 8.98. The molecule has 0 unspecified atom stereocenters. The molecule has 0 saturated heterocycles. The summed E-state index contributed by atoms with van der Waals surface area (Å²) in [5, 5.41) is 1.05. The highest BCUT2D eigenvalue weighted by atomic mass is 32.2. The Hall–Kier alpha value is -2.65. The molecule has 0 fully saturated rings. The van der Waals surface area contributed by atoms with Gasteiger partial charge in [0.1, 0.15) is 4.83 Å². The molecule has 0 aliphatic carbocycles. The number of hydrogen-bond acceptors (Lipinski definition) is 6. The maximum atomic E-state index is 13.6. The van der Waals surface area contributed by atoms with E-state index in [-0.39, 0.29) is 17.2 Å². The lowest BCUT2D eigenvalue weighted by Gasteiger charge is -2.25. The first-order valence-electron chi connectivity index (χ1n) is 9.16. The van der Waals surface area contributed by atoms with Crippen molar-refractivity contribution in [2.45, 2.75) is 32.0 Å². The van der Waals surface area contributed by atoms with Crippen molar-refractivity contribution in [2.24, 2.45) is 5.73 Å². The van der Waals surface area contributed by atoms with E-state index in [0.717, 1.165) is 33.5 Å². The van der Waals surface area contributed by atoms with Crippen molar-refractivity contribution in [1.29, 1.82) is 0 Å². The van der Waals surface area contributed by atoms with Crippen molar-refractivity contribution >= 4 is 45.1 Å². The minimum absolute atomic E-state index is 0.0242. The molecule has 1 aromatic carbocycles. The Morgan fingerprint density at radius 3 is 2.76 bits per heavy atom. The molecule has 2 N–H and O–H groups in total. The normalized spacial score (nSPS) is 13.5. The molecule has 0 spiro atoms. The Balaban J connectivity index is 1.95. The van der Waals surface area contributed by atoms with E-state index in [4.69, 9.17) is 10.7 Å². The van der Waals surface area contributed by atoms with E-state index >= 15 is 0 Å². The molecule has 9 heteroatoms. The average molecular weight is 429 g/mol. The fourth-order valence-electron chi connectivity index (χ4n) is 3.55. The number of amides is 2. The van der Waals surface area contributed by atoms with Gasteiger partial charge >= 0.3 is 0 Å². The van der Waals surface area contributed by atoms with E-state index in [1.807, 2.05) is 31.2 Å². The van der Waals surface area contributed by atoms with Crippen molar-refractivity contribution < 1.29 is 9.59 Å². The number of nitrogens with two attached hydrogens (primary N) is 1. The van der Waals surface area contributed by atoms with E-state index in [1.165, 1.54) is 11.3 Å². The predicted octanol–water partition coefficient (Wildman–Crippen LogP) is 2.24. The van der Waals surface area contributed by atoms with Gasteiger partial charge < -0.3 is 10.6 Å². The van der Waals surface area contributed by atoms with Gasteiger partial charge in [-0.1, -0.05) is 30.0 Å². The first-order chi connectivity index (χ1) is 13.9. The Labute approximate surface area is 175 Å². The fraction of sp³-hybridized carbons (Fsp3) is 0.300. The van der Waals surface area contributed by atoms with Gasteiger partial charge in [-0.3, -0.25) is 19.0 Å². The minimum Gasteiger partial charge on any atom is -0.369 e. The van der Waals surface area contributed by atoms with Crippen molar-refractivity contribution in [3.05, 3.63) is 50.6 Å². The third-order valence-corrected chi connectivity index (χ3v) is 7.06. The van der Waals surface area contributed by atoms with Gasteiger partial charge in [-0.25, -0.2) is 4.98 Å². The zero-order chi connectivity index (χ0) is 20.7. The number of aromatic nitrogens is 2. The number of thiophene rings is 1. The monoisotopic (exact) mass is 428 g/mol. The molecule has 3 aromatic rings. The van der Waals surface area contributed by atoms with Crippen LogP contribution in [0.2, 0.25) is 0 Å². The molecule has 1 aliphatic heterocycles. The van der Waals surface area contributed by atoms with Crippen LogP contribution in [0, 0.1) is 6.92 Å². The Bertz CT molecular complexity index is 1200. The molecule has 0 atom stereocenters. The third-order valence-electron chi connectivity index (χ3n) is 4.99. The molecule has 0 bridgehead atoms. The van der Waals surface area contributed by atoms with Gasteiger partial charge in [-0.05, 0) is 30.5 Å². The Morgan fingerprint density at radius 1 is 1.31 bits per heavy atom. The smallest absolute Gasteiger partial charge is 0.267 e.